The molecular formula is C6H18N4O. The van der Waals surface area contributed by atoms with E-state index in [1.165, 1.54) is 0 Å². The maximum Gasteiger partial charge on any atom is 0.120 e. The van der Waals surface area contributed by atoms with Gasteiger partial charge in [0.15, 0.2) is 0 Å². The molecule has 0 spiro atoms. The van der Waals surface area contributed by atoms with Crippen LogP contribution in [0.3, 0.4) is 0 Å². The summed E-state index contributed by atoms with van der Waals surface area (Å²) in [6, 6.07) is 0. The van der Waals surface area contributed by atoms with Crippen LogP contribution in [0.5, 0.6) is 0 Å². The Kier molecular flexibility index (Phi) is 7.76. The van der Waals surface area contributed by atoms with Crippen molar-refractivity contribution in [2.24, 2.45) is 11.7 Å². The van der Waals surface area contributed by atoms with E-state index < -0.39 is 0 Å². The Morgan fingerprint density at radius 3 is 2.82 bits per heavy atom. The molecule has 0 amide bonds. The molecule has 5 heteroatoms. The first-order valence-corrected chi connectivity index (χ1v) is 3.82. The van der Waals surface area contributed by atoms with Crippen LogP contribution in [-0.4, -0.2) is 32.5 Å². The third kappa shape index (κ3) is 5.11. The van der Waals surface area contributed by atoms with Crippen molar-refractivity contribution in [1.29, 1.82) is 0 Å². The number of nitrogens with one attached hydrogen (secondary N) is 2. The number of morpholine rings is 1. The number of hydrogen-bond donors (Lipinski definition) is 4. The number of nitrogens with two attached hydrogens (primary N) is 2. The van der Waals surface area contributed by atoms with Gasteiger partial charge >= 0.3 is 0 Å². The molecule has 0 saturated carbocycles. The Morgan fingerprint density at radius 2 is 2.36 bits per heavy atom. The van der Waals surface area contributed by atoms with Gasteiger partial charge in [-0.25, -0.2) is 0 Å². The highest BCUT2D eigenvalue weighted by molar-refractivity contribution is 4.63. The van der Waals surface area contributed by atoms with E-state index in [4.69, 9.17) is 4.74 Å². The van der Waals surface area contributed by atoms with Crippen LogP contribution in [0.15, 0.2) is 0 Å². The Labute approximate surface area is 67.4 Å². The fraction of sp³-hybridized carbons (Fsp3) is 1.00. The zero-order valence-electron chi connectivity index (χ0n) is 6.97. The third-order valence-electron chi connectivity index (χ3n) is 1.36. The Morgan fingerprint density at radius 1 is 1.64 bits per heavy atom. The van der Waals surface area contributed by atoms with E-state index in [0.29, 0.717) is 0 Å². The van der Waals surface area contributed by atoms with Gasteiger partial charge < -0.3 is 10.1 Å². The van der Waals surface area contributed by atoms with Crippen LogP contribution < -0.4 is 22.3 Å². The maximum absolute atomic E-state index is 5.34. The molecule has 68 valence electrons. The second kappa shape index (κ2) is 7.90. The molecule has 6 N–H and O–H groups in total. The smallest absolute Gasteiger partial charge is 0.120 e. The number of ether oxygens (including phenoxy) is 1. The highest BCUT2D eigenvalue weighted by Gasteiger charge is 2.09. The van der Waals surface area contributed by atoms with Gasteiger partial charge in [0.05, 0.1) is 6.61 Å². The van der Waals surface area contributed by atoms with Crippen molar-refractivity contribution in [3.63, 3.8) is 0 Å². The molecule has 1 aliphatic heterocycles. The van der Waals surface area contributed by atoms with Crippen molar-refractivity contribution in [3.05, 3.63) is 0 Å². The molecule has 1 unspecified atom stereocenters. The summed E-state index contributed by atoms with van der Waals surface area (Å²) in [5.74, 6) is 8.00. The zero-order valence-corrected chi connectivity index (χ0v) is 6.97. The molecule has 0 aromatic rings. The summed E-state index contributed by atoms with van der Waals surface area (Å²) in [7, 11) is 0. The quantitative estimate of drug-likeness (QED) is 0.289. The lowest BCUT2D eigenvalue weighted by Crippen LogP contribution is -2.46. The maximum atomic E-state index is 5.34. The monoisotopic (exact) mass is 162 g/mol. The van der Waals surface area contributed by atoms with Crippen molar-refractivity contribution >= 4 is 0 Å². The number of likely N-dealkylation sites (N-methyl/N-ethyl adjacent to an activating group) is 1. The molecule has 11 heavy (non-hydrogen) atoms. The van der Waals surface area contributed by atoms with Gasteiger partial charge in [0.2, 0.25) is 0 Å². The topological polar surface area (TPSA) is 85.3 Å². The predicted molar refractivity (Wildman–Crippen MR) is 44.7 cm³/mol. The molecule has 1 saturated heterocycles. The molecule has 0 aromatic carbocycles. The lowest BCUT2D eigenvalue weighted by atomic mass is 10.4. The van der Waals surface area contributed by atoms with Crippen LogP contribution >= 0.6 is 0 Å². The van der Waals surface area contributed by atoms with Crippen LogP contribution in [-0.2, 0) is 4.74 Å². The number of rotatable bonds is 2. The van der Waals surface area contributed by atoms with Gasteiger partial charge in [0.25, 0.3) is 0 Å². The Bertz CT molecular complexity index is 72.2. The largest absolute Gasteiger partial charge is 0.361 e. The van der Waals surface area contributed by atoms with E-state index in [2.05, 4.69) is 29.2 Å². The second-order valence-corrected chi connectivity index (χ2v) is 2.12. The highest BCUT2D eigenvalue weighted by Crippen LogP contribution is 1.89. The number of hydrogen-bond acceptors (Lipinski definition) is 5. The van der Waals surface area contributed by atoms with Crippen LogP contribution in [0.25, 0.3) is 0 Å². The lowest BCUT2D eigenvalue weighted by Gasteiger charge is -2.23. The first kappa shape index (κ1) is 10.8. The van der Waals surface area contributed by atoms with Crippen molar-refractivity contribution < 1.29 is 4.74 Å². The van der Waals surface area contributed by atoms with Crippen LogP contribution in [0, 0.1) is 0 Å². The van der Waals surface area contributed by atoms with Gasteiger partial charge in [0, 0.05) is 13.1 Å². The normalized spacial score (nSPS) is 23.7. The average molecular weight is 162 g/mol. The van der Waals surface area contributed by atoms with Crippen molar-refractivity contribution in [3.8, 4) is 0 Å². The van der Waals surface area contributed by atoms with Gasteiger partial charge in [-0.05, 0) is 6.54 Å². The fourth-order valence-corrected chi connectivity index (χ4v) is 0.924. The molecule has 1 rings (SSSR count). The summed E-state index contributed by atoms with van der Waals surface area (Å²) in [5, 5.41) is 6.43. The van der Waals surface area contributed by atoms with Crippen LogP contribution in [0.2, 0.25) is 0 Å². The molecule has 1 heterocycles. The van der Waals surface area contributed by atoms with E-state index in [9.17, 15) is 0 Å². The molecule has 0 aromatic heterocycles. The summed E-state index contributed by atoms with van der Waals surface area (Å²) in [5.41, 5.74) is 0. The van der Waals surface area contributed by atoms with E-state index in [0.717, 1.165) is 26.2 Å². The standard InChI is InChI=1S/C6H14N2O.H4N2/c1-2-8-6-5-7-3-4-9-6;1-2/h6-8H,2-5H2,1H3;1-2H2. The number of hydrazine groups is 1. The van der Waals surface area contributed by atoms with Crippen LogP contribution in [0.4, 0.5) is 0 Å². The third-order valence-corrected chi connectivity index (χ3v) is 1.36. The van der Waals surface area contributed by atoms with Gasteiger partial charge in [-0.2, -0.15) is 0 Å². The predicted octanol–water partition coefficient (Wildman–Crippen LogP) is -1.64. The fourth-order valence-electron chi connectivity index (χ4n) is 0.924. The molecule has 1 fully saturated rings. The first-order chi connectivity index (χ1) is 5.43. The first-order valence-electron chi connectivity index (χ1n) is 3.82. The van der Waals surface area contributed by atoms with E-state index in [1.807, 2.05) is 0 Å². The highest BCUT2D eigenvalue weighted by atomic mass is 16.5. The molecule has 0 aliphatic carbocycles. The van der Waals surface area contributed by atoms with Gasteiger partial charge in [-0.1, -0.05) is 6.92 Å². The van der Waals surface area contributed by atoms with Crippen LogP contribution in [0.1, 0.15) is 6.92 Å². The van der Waals surface area contributed by atoms with Crippen molar-refractivity contribution in [2.75, 3.05) is 26.2 Å². The van der Waals surface area contributed by atoms with E-state index in [1.54, 1.807) is 0 Å². The molecule has 1 atom stereocenters. The molecule has 1 aliphatic rings. The molecule has 5 nitrogen and oxygen atoms in total. The Hall–Kier alpha value is -0.200. The van der Waals surface area contributed by atoms with Gasteiger partial charge in [-0.15, -0.1) is 0 Å². The zero-order chi connectivity index (χ0) is 8.53. The van der Waals surface area contributed by atoms with E-state index >= 15 is 0 Å². The minimum atomic E-state index is 0.240. The molecule has 0 radical (unpaired) electrons. The lowest BCUT2D eigenvalue weighted by molar-refractivity contribution is 0.00823. The SMILES string of the molecule is CCNC1CNCCO1.NN. The minimum absolute atomic E-state index is 0.240. The van der Waals surface area contributed by atoms with Gasteiger partial charge in [0.1, 0.15) is 6.23 Å². The van der Waals surface area contributed by atoms with Gasteiger partial charge in [-0.3, -0.25) is 17.0 Å². The average Bonchev–Trinajstić information content (AvgIpc) is 2.11. The summed E-state index contributed by atoms with van der Waals surface area (Å²) in [6.45, 7) is 5.82. The van der Waals surface area contributed by atoms with Crippen molar-refractivity contribution in [1.82, 2.24) is 10.6 Å². The minimum Gasteiger partial charge on any atom is -0.361 e. The molecular weight excluding hydrogens is 144 g/mol. The summed E-state index contributed by atoms with van der Waals surface area (Å²) >= 11 is 0. The Balaban J connectivity index is 0.000000461. The van der Waals surface area contributed by atoms with E-state index in [-0.39, 0.29) is 6.23 Å². The second-order valence-electron chi connectivity index (χ2n) is 2.12. The summed E-state index contributed by atoms with van der Waals surface area (Å²) in [4.78, 5) is 0. The summed E-state index contributed by atoms with van der Waals surface area (Å²) in [6.07, 6.45) is 0.240. The van der Waals surface area contributed by atoms with Crippen molar-refractivity contribution in [2.45, 2.75) is 13.2 Å². The summed E-state index contributed by atoms with van der Waals surface area (Å²) < 4.78 is 5.34. The molecule has 0 bridgehead atoms.